The van der Waals surface area contributed by atoms with Gasteiger partial charge in [0.15, 0.2) is 5.82 Å². The number of hydrogen-bond donors (Lipinski definition) is 2. The molecule has 2 aliphatic carbocycles. The van der Waals surface area contributed by atoms with Gasteiger partial charge >= 0.3 is 0 Å². The third kappa shape index (κ3) is 6.26. The Morgan fingerprint density at radius 1 is 1.12 bits per heavy atom. The van der Waals surface area contributed by atoms with E-state index in [1.54, 1.807) is 26.5 Å². The molecule has 224 valence electrons. The summed E-state index contributed by atoms with van der Waals surface area (Å²) in [4.78, 5) is 23.0. The van der Waals surface area contributed by atoms with Crippen LogP contribution in [0.25, 0.3) is 0 Å². The van der Waals surface area contributed by atoms with Gasteiger partial charge in [-0.1, -0.05) is 23.7 Å². The number of methoxy groups -OCH3 is 1. The SMILES string of the molecule is COc1cc(C2CCC3(CC2)CC(N(C)C)C3)c([N+](=O)[O-])cc1Nc1ncc(Cl)c(Nc2ccccc2P(C)(C)=O)n1. The molecule has 0 radical (unpaired) electrons. The lowest BCUT2D eigenvalue weighted by Crippen LogP contribution is -2.49. The number of nitro benzene ring substituents is 1. The molecule has 0 unspecified atom stereocenters. The van der Waals surface area contributed by atoms with Crippen molar-refractivity contribution in [1.29, 1.82) is 0 Å². The van der Waals surface area contributed by atoms with E-state index in [0.29, 0.717) is 45.3 Å². The molecule has 1 spiro atoms. The van der Waals surface area contributed by atoms with E-state index < -0.39 is 7.14 Å². The molecule has 2 aliphatic rings. The predicted molar refractivity (Wildman–Crippen MR) is 169 cm³/mol. The molecule has 2 aromatic carbocycles. The van der Waals surface area contributed by atoms with Crippen molar-refractivity contribution in [3.8, 4) is 5.75 Å². The molecule has 12 heteroatoms. The number of para-hydroxylation sites is 1. The fourth-order valence-corrected chi connectivity index (χ4v) is 7.70. The Bertz CT molecular complexity index is 1530. The van der Waals surface area contributed by atoms with Crippen molar-refractivity contribution in [1.82, 2.24) is 14.9 Å². The molecule has 0 saturated heterocycles. The van der Waals surface area contributed by atoms with Crippen LogP contribution in [0.5, 0.6) is 5.75 Å². The molecule has 0 amide bonds. The Hall–Kier alpha value is -3.20. The van der Waals surface area contributed by atoms with Gasteiger partial charge in [0.25, 0.3) is 5.69 Å². The van der Waals surface area contributed by atoms with Crippen molar-refractivity contribution in [2.45, 2.75) is 50.5 Å². The van der Waals surface area contributed by atoms with E-state index in [9.17, 15) is 14.7 Å². The van der Waals surface area contributed by atoms with Crippen LogP contribution in [0.15, 0.2) is 42.6 Å². The molecular formula is C30H38ClN6O4P. The minimum Gasteiger partial charge on any atom is -0.495 e. The summed E-state index contributed by atoms with van der Waals surface area (Å²) in [6.07, 6.45) is 7.89. The number of nitrogens with zero attached hydrogens (tertiary/aromatic N) is 4. The van der Waals surface area contributed by atoms with E-state index in [2.05, 4.69) is 39.6 Å². The highest BCUT2D eigenvalue weighted by Crippen LogP contribution is 2.56. The van der Waals surface area contributed by atoms with Gasteiger partial charge in [0.05, 0.1) is 29.6 Å². The monoisotopic (exact) mass is 612 g/mol. The van der Waals surface area contributed by atoms with Crippen LogP contribution in [-0.2, 0) is 4.57 Å². The first kappa shape index (κ1) is 30.3. The largest absolute Gasteiger partial charge is 0.495 e. The van der Waals surface area contributed by atoms with Gasteiger partial charge in [0, 0.05) is 23.0 Å². The van der Waals surface area contributed by atoms with Gasteiger partial charge in [-0.2, -0.15) is 4.98 Å². The number of nitro groups is 1. The molecule has 5 rings (SSSR count). The standard InChI is InChI=1S/C30H38ClN6O4P/c1-36(2)20-16-30(17-20)12-10-19(11-13-30)21-14-26(41-3)24(15-25(21)37(38)39)34-29-32-18-22(31)28(35-29)33-23-8-6-7-9-27(23)42(4,5)40/h6-9,14-15,18-20H,10-13,16-17H2,1-5H3,(H2,32,33,34,35). The van der Waals surface area contributed by atoms with Crippen LogP contribution in [0, 0.1) is 15.5 Å². The zero-order valence-corrected chi connectivity index (χ0v) is 26.3. The lowest BCUT2D eigenvalue weighted by Gasteiger charge is -2.53. The smallest absolute Gasteiger partial charge is 0.275 e. The molecule has 2 N–H and O–H groups in total. The van der Waals surface area contributed by atoms with E-state index in [4.69, 9.17) is 16.3 Å². The summed E-state index contributed by atoms with van der Waals surface area (Å²) in [6, 6.07) is 11.2. The average molecular weight is 613 g/mol. The maximum Gasteiger partial charge on any atom is 0.275 e. The number of aromatic nitrogens is 2. The molecule has 0 aliphatic heterocycles. The van der Waals surface area contributed by atoms with Gasteiger partial charge in [-0.25, -0.2) is 4.98 Å². The lowest BCUT2D eigenvalue weighted by atomic mass is 9.56. The van der Waals surface area contributed by atoms with Crippen molar-refractivity contribution < 1.29 is 14.2 Å². The maximum atomic E-state index is 12.8. The minimum absolute atomic E-state index is 0.0573. The Balaban J connectivity index is 1.38. The molecule has 0 bridgehead atoms. The molecular weight excluding hydrogens is 575 g/mol. The molecule has 2 fully saturated rings. The van der Waals surface area contributed by atoms with Gasteiger partial charge in [-0.05, 0) is 95.5 Å². The summed E-state index contributed by atoms with van der Waals surface area (Å²) in [5.74, 6) is 1.07. The Morgan fingerprint density at radius 3 is 2.43 bits per heavy atom. The van der Waals surface area contributed by atoms with Gasteiger partial charge in [-0.15, -0.1) is 0 Å². The van der Waals surface area contributed by atoms with Crippen LogP contribution in [0.3, 0.4) is 0 Å². The fourth-order valence-electron chi connectivity index (χ4n) is 6.40. The van der Waals surface area contributed by atoms with E-state index in [0.717, 1.165) is 25.7 Å². The molecule has 0 atom stereocenters. The lowest BCUT2D eigenvalue weighted by molar-refractivity contribution is -0.385. The second kappa shape index (κ2) is 11.8. The summed E-state index contributed by atoms with van der Waals surface area (Å²) >= 11 is 6.41. The molecule has 42 heavy (non-hydrogen) atoms. The van der Waals surface area contributed by atoms with Crippen molar-refractivity contribution in [2.24, 2.45) is 5.41 Å². The van der Waals surface area contributed by atoms with Gasteiger partial charge in [-0.3, -0.25) is 10.1 Å². The summed E-state index contributed by atoms with van der Waals surface area (Å²) in [5.41, 5.74) is 2.16. The first-order chi connectivity index (χ1) is 19.9. The number of hydrogen-bond acceptors (Lipinski definition) is 9. The Kier molecular flexibility index (Phi) is 8.52. The molecule has 3 aromatic rings. The highest BCUT2D eigenvalue weighted by molar-refractivity contribution is 7.70. The topological polar surface area (TPSA) is 123 Å². The molecule has 1 heterocycles. The third-order valence-corrected chi connectivity index (χ3v) is 10.7. The zero-order valence-electron chi connectivity index (χ0n) is 24.7. The van der Waals surface area contributed by atoms with Crippen molar-refractivity contribution >= 4 is 52.9 Å². The number of nitrogens with one attached hydrogen (secondary N) is 2. The second-order valence-corrected chi connectivity index (χ2v) is 15.8. The molecule has 10 nitrogen and oxygen atoms in total. The Labute approximate surface area is 251 Å². The van der Waals surface area contributed by atoms with Gasteiger partial charge < -0.3 is 24.8 Å². The number of anilines is 4. The fraction of sp³-hybridized carbons (Fsp3) is 0.467. The van der Waals surface area contributed by atoms with E-state index in [1.807, 2.05) is 24.3 Å². The summed E-state index contributed by atoms with van der Waals surface area (Å²) in [7, 11) is 3.24. The number of halogens is 1. The zero-order chi connectivity index (χ0) is 30.2. The van der Waals surface area contributed by atoms with Crippen LogP contribution in [0.4, 0.5) is 28.8 Å². The first-order valence-corrected chi connectivity index (χ1v) is 17.1. The normalized spacial score (nSPS) is 22.1. The molecule has 1 aromatic heterocycles. The Morgan fingerprint density at radius 2 is 1.81 bits per heavy atom. The van der Waals surface area contributed by atoms with Gasteiger partial charge in [0.1, 0.15) is 17.9 Å². The van der Waals surface area contributed by atoms with E-state index in [-0.39, 0.29) is 27.5 Å². The highest BCUT2D eigenvalue weighted by Gasteiger charge is 2.47. The van der Waals surface area contributed by atoms with Crippen molar-refractivity contribution in [2.75, 3.05) is 45.2 Å². The van der Waals surface area contributed by atoms with E-state index in [1.165, 1.54) is 25.1 Å². The number of benzene rings is 2. The van der Waals surface area contributed by atoms with E-state index >= 15 is 0 Å². The third-order valence-electron chi connectivity index (χ3n) is 8.83. The van der Waals surface area contributed by atoms with Crippen LogP contribution in [0.2, 0.25) is 5.02 Å². The first-order valence-electron chi connectivity index (χ1n) is 14.1. The number of ether oxygens (including phenoxy) is 1. The molecule has 2 saturated carbocycles. The van der Waals surface area contributed by atoms with Crippen molar-refractivity contribution in [3.63, 3.8) is 0 Å². The highest BCUT2D eigenvalue weighted by atomic mass is 35.5. The van der Waals surface area contributed by atoms with Crippen LogP contribution >= 0.6 is 18.7 Å². The quantitative estimate of drug-likeness (QED) is 0.147. The second-order valence-electron chi connectivity index (χ2n) is 12.2. The summed E-state index contributed by atoms with van der Waals surface area (Å²) < 4.78 is 18.5. The summed E-state index contributed by atoms with van der Waals surface area (Å²) in [6.45, 7) is 3.40. The number of rotatable bonds is 9. The van der Waals surface area contributed by atoms with Crippen LogP contribution in [-0.4, -0.2) is 60.4 Å². The average Bonchev–Trinajstić information content (AvgIpc) is 2.93. The minimum atomic E-state index is -2.58. The predicted octanol–water partition coefficient (Wildman–Crippen LogP) is 7.15. The van der Waals surface area contributed by atoms with Gasteiger partial charge in [0.2, 0.25) is 5.95 Å². The summed E-state index contributed by atoms with van der Waals surface area (Å²) in [5, 5.41) is 19.4. The van der Waals surface area contributed by atoms with Crippen molar-refractivity contribution in [3.05, 3.63) is 63.3 Å². The van der Waals surface area contributed by atoms with Crippen LogP contribution < -0.4 is 20.7 Å². The maximum absolute atomic E-state index is 12.8. The van der Waals surface area contributed by atoms with Crippen LogP contribution in [0.1, 0.15) is 50.0 Å².